The highest BCUT2D eigenvalue weighted by Crippen LogP contribution is 2.68. The van der Waals surface area contributed by atoms with Gasteiger partial charge in [-0.15, -0.1) is 5.10 Å². The van der Waals surface area contributed by atoms with Crippen LogP contribution in [0.15, 0.2) is 46.9 Å². The van der Waals surface area contributed by atoms with Crippen molar-refractivity contribution in [2.45, 2.75) is 113 Å². The molecule has 6 aromatic rings. The fraction of sp³-hybridized carbons (Fsp3) is 0.455. The Kier molecular flexibility index (Phi) is 11.1. The van der Waals surface area contributed by atoms with Gasteiger partial charge in [-0.1, -0.05) is 28.8 Å². The highest BCUT2D eigenvalue weighted by Gasteiger charge is 2.67. The highest BCUT2D eigenvalue weighted by atomic mass is 35.5. The number of nitrogens with zero attached hydrogens (tertiary/aromatic N) is 7. The summed E-state index contributed by atoms with van der Waals surface area (Å²) in [6.07, 6.45) is -2.03. The molecule has 0 radical (unpaired) electrons. The highest BCUT2D eigenvalue weighted by molar-refractivity contribution is 7.93. The molecule has 1 unspecified atom stereocenters. The first-order chi connectivity index (χ1) is 30.9. The molecule has 350 valence electrons. The quantitative estimate of drug-likeness (QED) is 0.0790. The first-order valence-electron chi connectivity index (χ1n) is 21.2. The van der Waals surface area contributed by atoms with Crippen LogP contribution in [0.1, 0.15) is 112 Å². The number of hydrogen-bond acceptors (Lipinski definition) is 11. The van der Waals surface area contributed by atoms with E-state index in [2.05, 4.69) is 31.0 Å². The molecule has 3 atom stereocenters. The van der Waals surface area contributed by atoms with Gasteiger partial charge in [-0.25, -0.2) is 26.0 Å². The van der Waals surface area contributed by atoms with Crippen LogP contribution in [0.2, 0.25) is 5.02 Å². The standard InChI is InChI=1S/C44H44ClF6N9O5S/c1-42(2,66(63,64)24-7-8-24)13-12-23-6-9-25(26-10-11-29(45)33-36(26)59(5)58-39(33)54-41-56-55-40(65-41)43(3,4)62)34(52-23)30(16-20-14-21(46)17-22(47)15-20)53-31(61)19-60-37-32(35(57-60)38(48)49)27-18-28(27)44(37,50)51/h6,9-11,14-15,17,24,27-28,30,38,62H,7-8,12-13,16,18-19H2,1-5H3,(H,53,61)(H,54,56,58)/t27-,28?,30-/m0/s1. The number of benzene rings is 2. The molecule has 4 heterocycles. The van der Waals surface area contributed by atoms with Crippen molar-refractivity contribution in [3.8, 4) is 11.1 Å². The van der Waals surface area contributed by atoms with E-state index >= 15 is 8.78 Å². The second kappa shape index (κ2) is 16.1. The molecule has 4 aromatic heterocycles. The van der Waals surface area contributed by atoms with E-state index in [1.54, 1.807) is 45.2 Å². The number of sulfone groups is 1. The summed E-state index contributed by atoms with van der Waals surface area (Å²) in [5.74, 6) is -8.20. The fourth-order valence-corrected chi connectivity index (χ4v) is 11.3. The molecular weight excluding hydrogens is 916 g/mol. The Bertz CT molecular complexity index is 3020. The van der Waals surface area contributed by atoms with Crippen molar-refractivity contribution in [2.75, 3.05) is 5.32 Å². The number of carbonyl (C=O) groups excluding carboxylic acids is 1. The Morgan fingerprint density at radius 1 is 1.02 bits per heavy atom. The van der Waals surface area contributed by atoms with Crippen LogP contribution in [0.3, 0.4) is 0 Å². The molecule has 2 fully saturated rings. The van der Waals surface area contributed by atoms with Gasteiger partial charge in [0.25, 0.3) is 12.3 Å². The van der Waals surface area contributed by atoms with E-state index in [4.69, 9.17) is 21.0 Å². The number of pyridine rings is 1. The van der Waals surface area contributed by atoms with Crippen LogP contribution in [0.4, 0.5) is 38.2 Å². The summed E-state index contributed by atoms with van der Waals surface area (Å²) < 4.78 is 123. The summed E-state index contributed by atoms with van der Waals surface area (Å²) in [5.41, 5.74) is -1.51. The molecule has 14 nitrogen and oxygen atoms in total. The van der Waals surface area contributed by atoms with E-state index in [0.29, 0.717) is 51.3 Å². The van der Waals surface area contributed by atoms with E-state index in [1.807, 2.05) is 0 Å². The molecule has 66 heavy (non-hydrogen) atoms. The van der Waals surface area contributed by atoms with Crippen LogP contribution in [-0.2, 0) is 52.6 Å². The molecule has 0 spiro atoms. The number of fused-ring (bicyclic) bond motifs is 4. The van der Waals surface area contributed by atoms with Gasteiger partial charge < -0.3 is 14.8 Å². The third-order valence-corrected chi connectivity index (χ3v) is 16.0. The van der Waals surface area contributed by atoms with Crippen molar-refractivity contribution < 1.29 is 49.1 Å². The molecule has 1 amide bonds. The zero-order valence-corrected chi connectivity index (χ0v) is 37.7. The van der Waals surface area contributed by atoms with Crippen LogP contribution in [0.5, 0.6) is 0 Å². The summed E-state index contributed by atoms with van der Waals surface area (Å²) in [4.78, 5) is 19.2. The van der Waals surface area contributed by atoms with Crippen LogP contribution in [0, 0.1) is 17.6 Å². The lowest BCUT2D eigenvalue weighted by molar-refractivity contribution is -0.123. The largest absolute Gasteiger partial charge is 0.405 e. The van der Waals surface area contributed by atoms with Gasteiger partial charge in [0.15, 0.2) is 15.7 Å². The monoisotopic (exact) mass is 959 g/mol. The van der Waals surface area contributed by atoms with Gasteiger partial charge in [-0.05, 0) is 102 Å². The SMILES string of the molecule is Cn1nc(Nc2nnc(C(C)(C)O)o2)c2c(Cl)ccc(-c3ccc(CCC(C)(C)S(=O)(=O)C4CC4)nc3[C@H](Cc3cc(F)cc(F)c3)NC(=O)Cn3nc(C(F)F)c4c3C(F)(F)C3C[C@H]43)c21. The van der Waals surface area contributed by atoms with Gasteiger partial charge in [0, 0.05) is 41.4 Å². The summed E-state index contributed by atoms with van der Waals surface area (Å²) in [6, 6.07) is 7.97. The van der Waals surface area contributed by atoms with Crippen molar-refractivity contribution in [3.63, 3.8) is 0 Å². The number of carbonyl (C=O) groups is 1. The molecule has 0 saturated heterocycles. The number of rotatable bonds is 16. The number of aryl methyl sites for hydroxylation is 2. The molecule has 22 heteroatoms. The zero-order chi connectivity index (χ0) is 47.4. The van der Waals surface area contributed by atoms with Gasteiger partial charge in [0.2, 0.25) is 11.8 Å². The van der Waals surface area contributed by atoms with Crippen LogP contribution in [0.25, 0.3) is 22.0 Å². The Balaban J connectivity index is 1.16. The number of aromatic nitrogens is 7. The zero-order valence-electron chi connectivity index (χ0n) is 36.1. The predicted molar refractivity (Wildman–Crippen MR) is 229 cm³/mol. The number of hydrogen-bond donors (Lipinski definition) is 3. The first-order valence-corrected chi connectivity index (χ1v) is 23.1. The lowest BCUT2D eigenvalue weighted by atomic mass is 9.93. The molecule has 0 aliphatic heterocycles. The number of halogens is 7. The Labute approximate surface area is 379 Å². The molecule has 3 aliphatic carbocycles. The third-order valence-electron chi connectivity index (χ3n) is 12.6. The van der Waals surface area contributed by atoms with Crippen molar-refractivity contribution in [3.05, 3.63) is 98.9 Å². The van der Waals surface area contributed by atoms with Gasteiger partial charge in [-0.2, -0.15) is 19.0 Å². The molecule has 0 bridgehead atoms. The molecule has 2 aromatic carbocycles. The maximum atomic E-state index is 15.6. The van der Waals surface area contributed by atoms with E-state index in [9.17, 15) is 35.9 Å². The molecule has 9 rings (SSSR count). The average molecular weight is 960 g/mol. The Hall–Kier alpha value is -5.54. The second-order valence-corrected chi connectivity index (χ2v) is 21.7. The Morgan fingerprint density at radius 2 is 1.71 bits per heavy atom. The maximum absolute atomic E-state index is 15.6. The van der Waals surface area contributed by atoms with E-state index in [-0.39, 0.29) is 65.2 Å². The number of aliphatic hydroxyl groups is 1. The van der Waals surface area contributed by atoms with E-state index in [0.717, 1.165) is 12.1 Å². The first kappa shape index (κ1) is 45.6. The second-order valence-electron chi connectivity index (χ2n) is 18.4. The molecular formula is C44H44ClF6N9O5S. The number of anilines is 2. The summed E-state index contributed by atoms with van der Waals surface area (Å²) in [6.45, 7) is 5.31. The topological polar surface area (TPSA) is 183 Å². The molecule has 3 N–H and O–H groups in total. The fourth-order valence-electron chi connectivity index (χ4n) is 8.99. The van der Waals surface area contributed by atoms with Crippen LogP contribution >= 0.6 is 11.6 Å². The van der Waals surface area contributed by atoms with E-state index < -0.39 is 91.1 Å². The number of nitrogens with one attached hydrogen (secondary N) is 2. The smallest absolute Gasteiger partial charge is 0.321 e. The molecule has 3 aliphatic rings. The van der Waals surface area contributed by atoms with Crippen LogP contribution in [-0.4, -0.2) is 64.2 Å². The minimum Gasteiger partial charge on any atom is -0.405 e. The number of amides is 1. The summed E-state index contributed by atoms with van der Waals surface area (Å²) in [7, 11) is -1.88. The van der Waals surface area contributed by atoms with Gasteiger partial charge in [-0.3, -0.25) is 24.5 Å². The molecule has 2 saturated carbocycles. The van der Waals surface area contributed by atoms with Crippen molar-refractivity contribution >= 4 is 50.1 Å². The van der Waals surface area contributed by atoms with E-state index in [1.165, 1.54) is 18.5 Å². The van der Waals surface area contributed by atoms with Crippen molar-refractivity contribution in [1.29, 1.82) is 0 Å². The Morgan fingerprint density at radius 3 is 2.36 bits per heavy atom. The maximum Gasteiger partial charge on any atom is 0.321 e. The normalized spacial score (nSPS) is 18.5. The van der Waals surface area contributed by atoms with Gasteiger partial charge >= 0.3 is 6.01 Å². The van der Waals surface area contributed by atoms with Gasteiger partial charge in [0.1, 0.15) is 35.2 Å². The number of alkyl halides is 4. The van der Waals surface area contributed by atoms with Gasteiger partial charge in [0.05, 0.1) is 37.7 Å². The predicted octanol–water partition coefficient (Wildman–Crippen LogP) is 8.65. The lowest BCUT2D eigenvalue weighted by Gasteiger charge is -2.26. The van der Waals surface area contributed by atoms with Crippen molar-refractivity contribution in [2.24, 2.45) is 13.0 Å². The summed E-state index contributed by atoms with van der Waals surface area (Å²) in [5, 5.41) is 32.5. The minimum atomic E-state index is -3.51. The van der Waals surface area contributed by atoms with Crippen LogP contribution < -0.4 is 10.6 Å². The van der Waals surface area contributed by atoms with Crippen molar-refractivity contribution in [1.82, 2.24) is 40.1 Å². The summed E-state index contributed by atoms with van der Waals surface area (Å²) >= 11 is 6.83. The minimum absolute atomic E-state index is 0.0183. The lowest BCUT2D eigenvalue weighted by Crippen LogP contribution is -2.36. The third kappa shape index (κ3) is 8.20. The average Bonchev–Trinajstić information content (AvgIpc) is 4.10.